The lowest BCUT2D eigenvalue weighted by molar-refractivity contribution is 0.900. The SMILES string of the molecule is CCNc1nc(-c2cc(C)cc(C)c2)nc2c1CCC2. The monoisotopic (exact) mass is 267 g/mol. The van der Waals surface area contributed by atoms with Gasteiger partial charge in [-0.2, -0.15) is 0 Å². The molecule has 0 spiro atoms. The Balaban J connectivity index is 2.12. The van der Waals surface area contributed by atoms with Crippen molar-refractivity contribution >= 4 is 5.82 Å². The summed E-state index contributed by atoms with van der Waals surface area (Å²) in [6, 6.07) is 6.51. The molecule has 0 bridgehead atoms. The Labute approximate surface area is 120 Å². The second kappa shape index (κ2) is 5.23. The summed E-state index contributed by atoms with van der Waals surface area (Å²) in [5.41, 5.74) is 6.18. The van der Waals surface area contributed by atoms with Crippen LogP contribution in [-0.4, -0.2) is 16.5 Å². The van der Waals surface area contributed by atoms with Gasteiger partial charge in [0.05, 0.1) is 0 Å². The Kier molecular flexibility index (Phi) is 3.43. The van der Waals surface area contributed by atoms with Crippen LogP contribution in [0.25, 0.3) is 11.4 Å². The molecule has 0 aliphatic heterocycles. The number of aromatic nitrogens is 2. The quantitative estimate of drug-likeness (QED) is 0.921. The average molecular weight is 267 g/mol. The molecule has 1 aromatic carbocycles. The van der Waals surface area contributed by atoms with Gasteiger partial charge in [-0.25, -0.2) is 9.97 Å². The van der Waals surface area contributed by atoms with Crippen LogP contribution in [0.4, 0.5) is 5.82 Å². The molecule has 1 aromatic heterocycles. The number of nitrogens with zero attached hydrogens (tertiary/aromatic N) is 2. The minimum absolute atomic E-state index is 0.855. The second-order valence-corrected chi connectivity index (χ2v) is 5.58. The number of anilines is 1. The van der Waals surface area contributed by atoms with E-state index in [1.165, 1.54) is 28.8 Å². The zero-order chi connectivity index (χ0) is 14.1. The van der Waals surface area contributed by atoms with E-state index in [2.05, 4.69) is 44.3 Å². The Morgan fingerprint density at radius 2 is 1.80 bits per heavy atom. The van der Waals surface area contributed by atoms with E-state index >= 15 is 0 Å². The van der Waals surface area contributed by atoms with Crippen molar-refractivity contribution in [1.82, 2.24) is 9.97 Å². The maximum Gasteiger partial charge on any atom is 0.161 e. The highest BCUT2D eigenvalue weighted by Crippen LogP contribution is 2.29. The van der Waals surface area contributed by atoms with E-state index in [1.54, 1.807) is 0 Å². The molecule has 0 saturated heterocycles. The van der Waals surface area contributed by atoms with Crippen molar-refractivity contribution in [3.05, 3.63) is 40.6 Å². The summed E-state index contributed by atoms with van der Waals surface area (Å²) in [5, 5.41) is 3.40. The van der Waals surface area contributed by atoms with Crippen molar-refractivity contribution < 1.29 is 0 Å². The average Bonchev–Trinajstić information content (AvgIpc) is 2.86. The number of nitrogens with one attached hydrogen (secondary N) is 1. The minimum atomic E-state index is 0.855. The molecule has 0 saturated carbocycles. The van der Waals surface area contributed by atoms with Crippen LogP contribution in [0.5, 0.6) is 0 Å². The van der Waals surface area contributed by atoms with Gasteiger partial charge in [0, 0.05) is 23.4 Å². The van der Waals surface area contributed by atoms with Crippen LogP contribution in [0.2, 0.25) is 0 Å². The molecular weight excluding hydrogens is 246 g/mol. The van der Waals surface area contributed by atoms with Gasteiger partial charge < -0.3 is 5.32 Å². The highest BCUT2D eigenvalue weighted by atomic mass is 15.0. The molecule has 20 heavy (non-hydrogen) atoms. The van der Waals surface area contributed by atoms with Crippen molar-refractivity contribution in [2.45, 2.75) is 40.0 Å². The first kappa shape index (κ1) is 13.1. The van der Waals surface area contributed by atoms with E-state index in [1.807, 2.05) is 0 Å². The highest BCUT2D eigenvalue weighted by Gasteiger charge is 2.19. The molecule has 2 aromatic rings. The second-order valence-electron chi connectivity index (χ2n) is 5.58. The van der Waals surface area contributed by atoms with Gasteiger partial charge in [0.1, 0.15) is 5.82 Å². The third kappa shape index (κ3) is 2.40. The molecule has 3 nitrogen and oxygen atoms in total. The maximum atomic E-state index is 4.80. The summed E-state index contributed by atoms with van der Waals surface area (Å²) in [4.78, 5) is 9.56. The first-order valence-electron chi connectivity index (χ1n) is 7.39. The first-order chi connectivity index (χ1) is 9.67. The number of fused-ring (bicyclic) bond motifs is 1. The molecule has 1 aliphatic carbocycles. The third-order valence-corrected chi connectivity index (χ3v) is 3.76. The predicted molar refractivity (Wildman–Crippen MR) is 83.1 cm³/mol. The van der Waals surface area contributed by atoms with E-state index in [9.17, 15) is 0 Å². The molecule has 104 valence electrons. The van der Waals surface area contributed by atoms with E-state index in [4.69, 9.17) is 9.97 Å². The molecule has 1 heterocycles. The standard InChI is InChI=1S/C17H21N3/c1-4-18-17-14-6-5-7-15(14)19-16(20-17)13-9-11(2)8-12(3)10-13/h8-10H,4-7H2,1-3H3,(H,18,19,20). The minimum Gasteiger partial charge on any atom is -0.370 e. The molecular formula is C17H21N3. The topological polar surface area (TPSA) is 37.8 Å². The van der Waals surface area contributed by atoms with E-state index in [0.29, 0.717) is 0 Å². The van der Waals surface area contributed by atoms with Gasteiger partial charge >= 0.3 is 0 Å². The van der Waals surface area contributed by atoms with Gasteiger partial charge in [-0.05, 0) is 52.2 Å². The Bertz CT molecular complexity index is 627. The van der Waals surface area contributed by atoms with Gasteiger partial charge in [-0.1, -0.05) is 17.2 Å². The van der Waals surface area contributed by atoms with Crippen LogP contribution in [-0.2, 0) is 12.8 Å². The lowest BCUT2D eigenvalue weighted by Crippen LogP contribution is -2.06. The normalized spacial score (nSPS) is 13.3. The van der Waals surface area contributed by atoms with Crippen LogP contribution < -0.4 is 5.32 Å². The summed E-state index contributed by atoms with van der Waals surface area (Å²) in [7, 11) is 0. The molecule has 3 heteroatoms. The number of hydrogen-bond acceptors (Lipinski definition) is 3. The van der Waals surface area contributed by atoms with Crippen LogP contribution in [0.15, 0.2) is 18.2 Å². The lowest BCUT2D eigenvalue weighted by atomic mass is 10.1. The van der Waals surface area contributed by atoms with Crippen molar-refractivity contribution in [3.8, 4) is 11.4 Å². The predicted octanol–water partition coefficient (Wildman–Crippen LogP) is 3.68. The van der Waals surface area contributed by atoms with Crippen molar-refractivity contribution in [2.24, 2.45) is 0 Å². The van der Waals surface area contributed by atoms with Gasteiger partial charge in [-0.15, -0.1) is 0 Å². The van der Waals surface area contributed by atoms with Crippen LogP contribution in [0.1, 0.15) is 35.7 Å². The van der Waals surface area contributed by atoms with Crippen molar-refractivity contribution in [2.75, 3.05) is 11.9 Å². The van der Waals surface area contributed by atoms with Gasteiger partial charge in [0.2, 0.25) is 0 Å². The number of hydrogen-bond donors (Lipinski definition) is 1. The van der Waals surface area contributed by atoms with E-state index in [0.717, 1.165) is 36.6 Å². The summed E-state index contributed by atoms with van der Waals surface area (Å²) in [6.45, 7) is 7.25. The van der Waals surface area contributed by atoms with Crippen LogP contribution >= 0.6 is 0 Å². The molecule has 3 rings (SSSR count). The summed E-state index contributed by atoms with van der Waals surface area (Å²) >= 11 is 0. The number of rotatable bonds is 3. The Morgan fingerprint density at radius 3 is 2.50 bits per heavy atom. The molecule has 1 N–H and O–H groups in total. The summed E-state index contributed by atoms with van der Waals surface area (Å²) < 4.78 is 0. The maximum absolute atomic E-state index is 4.80. The molecule has 0 radical (unpaired) electrons. The Hall–Kier alpha value is -1.90. The van der Waals surface area contributed by atoms with Crippen LogP contribution in [0, 0.1) is 13.8 Å². The molecule has 0 amide bonds. The third-order valence-electron chi connectivity index (χ3n) is 3.76. The van der Waals surface area contributed by atoms with Gasteiger partial charge in [-0.3, -0.25) is 0 Å². The number of aryl methyl sites for hydroxylation is 3. The zero-order valence-corrected chi connectivity index (χ0v) is 12.5. The number of benzene rings is 1. The highest BCUT2D eigenvalue weighted by molar-refractivity contribution is 5.62. The van der Waals surface area contributed by atoms with Crippen LogP contribution in [0.3, 0.4) is 0 Å². The molecule has 0 fully saturated rings. The van der Waals surface area contributed by atoms with E-state index in [-0.39, 0.29) is 0 Å². The Morgan fingerprint density at radius 1 is 1.05 bits per heavy atom. The van der Waals surface area contributed by atoms with Gasteiger partial charge in [0.15, 0.2) is 5.82 Å². The van der Waals surface area contributed by atoms with Crippen molar-refractivity contribution in [1.29, 1.82) is 0 Å². The first-order valence-corrected chi connectivity index (χ1v) is 7.39. The fourth-order valence-corrected chi connectivity index (χ4v) is 2.98. The molecule has 0 atom stereocenters. The molecule has 1 aliphatic rings. The fourth-order valence-electron chi connectivity index (χ4n) is 2.98. The van der Waals surface area contributed by atoms with Crippen molar-refractivity contribution in [3.63, 3.8) is 0 Å². The smallest absolute Gasteiger partial charge is 0.161 e. The van der Waals surface area contributed by atoms with E-state index < -0.39 is 0 Å². The largest absolute Gasteiger partial charge is 0.370 e. The molecule has 0 unspecified atom stereocenters. The lowest BCUT2D eigenvalue weighted by Gasteiger charge is -2.11. The summed E-state index contributed by atoms with van der Waals surface area (Å²) in [5.74, 6) is 1.89. The van der Waals surface area contributed by atoms with Gasteiger partial charge in [0.25, 0.3) is 0 Å². The fraction of sp³-hybridized carbons (Fsp3) is 0.412. The summed E-state index contributed by atoms with van der Waals surface area (Å²) in [6.07, 6.45) is 3.37. The zero-order valence-electron chi connectivity index (χ0n) is 12.5.